The Morgan fingerprint density at radius 3 is 0.705 bits per heavy atom. The van der Waals surface area contributed by atoms with Crippen molar-refractivity contribution in [2.45, 2.75) is 194 Å². The van der Waals surface area contributed by atoms with Crippen molar-refractivity contribution >= 4 is 0 Å². The average Bonchev–Trinajstić information content (AvgIpc) is 3.55. The van der Waals surface area contributed by atoms with Gasteiger partial charge in [-0.15, -0.1) is 0 Å². The Bertz CT molecular complexity index is 2950. The third kappa shape index (κ3) is 15.1. The largest absolute Gasteiger partial charge is 0.0648 e. The normalized spacial score (nSPS) is 14.3. The van der Waals surface area contributed by atoms with Crippen molar-refractivity contribution in [1.29, 1.82) is 0 Å². The van der Waals surface area contributed by atoms with Crippen LogP contribution in [0.1, 0.15) is 225 Å². The van der Waals surface area contributed by atoms with Crippen LogP contribution < -0.4 is 0 Å². The second kappa shape index (κ2) is 29.1. The van der Waals surface area contributed by atoms with Gasteiger partial charge in [-0.1, -0.05) is 256 Å². The van der Waals surface area contributed by atoms with E-state index >= 15 is 0 Å². The summed E-state index contributed by atoms with van der Waals surface area (Å²) in [6.07, 6.45) is 15.0. The van der Waals surface area contributed by atoms with Gasteiger partial charge in [0.15, 0.2) is 0 Å². The van der Waals surface area contributed by atoms with Crippen molar-refractivity contribution in [1.82, 2.24) is 0 Å². The molecule has 0 N–H and O–H groups in total. The Kier molecular flexibility index (Phi) is 21.6. The molecule has 0 aliphatic rings. The molecule has 78 heavy (non-hydrogen) atoms. The third-order valence-corrected chi connectivity index (χ3v) is 18.4. The van der Waals surface area contributed by atoms with Gasteiger partial charge in [-0.2, -0.15) is 0 Å². The van der Waals surface area contributed by atoms with Crippen LogP contribution in [0.2, 0.25) is 0 Å². The summed E-state index contributed by atoms with van der Waals surface area (Å²) in [7, 11) is 0. The van der Waals surface area contributed by atoms with Crippen molar-refractivity contribution in [3.63, 3.8) is 0 Å². The molecular formula is C78H94. The van der Waals surface area contributed by atoms with Crippen LogP contribution in [0.15, 0.2) is 194 Å². The molecular weight excluding hydrogens is 937 g/mol. The lowest BCUT2D eigenvalue weighted by atomic mass is 9.72. The minimum absolute atomic E-state index is 0.294. The Balaban J connectivity index is 1.14. The molecule has 0 aromatic heterocycles. The topological polar surface area (TPSA) is 0 Å². The first kappa shape index (κ1) is 57.9. The molecule has 7 unspecified atom stereocenters. The second-order valence-corrected chi connectivity index (χ2v) is 23.0. The highest BCUT2D eigenvalue weighted by Gasteiger charge is 2.30. The standard InChI is InChI=1S/C78H94/c1-10-56-19-21-63(22-20-56)54-77(78(55-67(17-8)70-41-27-59(13-4)28-42-70)74-47-33-62(34-48-74)52-66(16-7)69-39-25-58(12-3)26-40-69)73-49-35-64(36-50-73)53-76(75(18-9)71-43-29-60(14-5)30-44-71)72-45-31-61(32-46-72)51-65(15-6)68-37-23-57(11-2)24-38-68/h19-50,65-67,75-78H,10-18,51-55H2,1-9H3. The molecule has 8 aromatic rings. The zero-order chi connectivity index (χ0) is 54.8. The van der Waals surface area contributed by atoms with E-state index in [0.717, 1.165) is 89.9 Å². The van der Waals surface area contributed by atoms with Crippen LogP contribution in [0.3, 0.4) is 0 Å². The minimum Gasteiger partial charge on any atom is -0.0648 e. The quantitative estimate of drug-likeness (QED) is 0.0459. The molecule has 0 amide bonds. The minimum atomic E-state index is 0.294. The van der Waals surface area contributed by atoms with E-state index in [-0.39, 0.29) is 0 Å². The van der Waals surface area contributed by atoms with Gasteiger partial charge in [0.25, 0.3) is 0 Å². The number of hydrogen-bond donors (Lipinski definition) is 0. The van der Waals surface area contributed by atoms with Crippen molar-refractivity contribution in [2.75, 3.05) is 0 Å². The smallest absolute Gasteiger partial charge is 0.00524 e. The summed E-state index contributed by atoms with van der Waals surface area (Å²) < 4.78 is 0. The van der Waals surface area contributed by atoms with Gasteiger partial charge < -0.3 is 0 Å². The second-order valence-electron chi connectivity index (χ2n) is 23.0. The summed E-state index contributed by atoms with van der Waals surface area (Å²) in [4.78, 5) is 0. The Morgan fingerprint density at radius 2 is 0.410 bits per heavy atom. The molecule has 0 aliphatic heterocycles. The van der Waals surface area contributed by atoms with E-state index in [4.69, 9.17) is 0 Å². The zero-order valence-electron chi connectivity index (χ0n) is 49.4. The maximum atomic E-state index is 2.53. The molecule has 406 valence electrons. The van der Waals surface area contributed by atoms with E-state index in [2.05, 4.69) is 256 Å². The lowest BCUT2D eigenvalue weighted by Gasteiger charge is -2.32. The van der Waals surface area contributed by atoms with Gasteiger partial charge in [0.05, 0.1) is 0 Å². The van der Waals surface area contributed by atoms with E-state index in [0.29, 0.717) is 41.4 Å². The highest BCUT2D eigenvalue weighted by molar-refractivity contribution is 5.40. The van der Waals surface area contributed by atoms with Crippen molar-refractivity contribution in [3.05, 3.63) is 283 Å². The van der Waals surface area contributed by atoms with E-state index in [1.165, 1.54) is 89.0 Å². The molecule has 0 spiro atoms. The molecule has 7 atom stereocenters. The van der Waals surface area contributed by atoms with E-state index in [9.17, 15) is 0 Å². The molecule has 0 heteroatoms. The molecule has 0 saturated carbocycles. The first-order chi connectivity index (χ1) is 38.2. The maximum absolute atomic E-state index is 2.53. The fourth-order valence-corrected chi connectivity index (χ4v) is 12.9. The fraction of sp³-hybridized carbons (Fsp3) is 0.385. The van der Waals surface area contributed by atoms with Crippen LogP contribution in [-0.2, 0) is 57.8 Å². The van der Waals surface area contributed by atoms with E-state index in [1.807, 2.05) is 0 Å². The lowest BCUT2D eigenvalue weighted by Crippen LogP contribution is -2.18. The highest BCUT2D eigenvalue weighted by Crippen LogP contribution is 2.45. The summed E-state index contributed by atoms with van der Waals surface area (Å²) >= 11 is 0. The molecule has 0 aliphatic carbocycles. The molecule has 0 saturated heterocycles. The number of aryl methyl sites for hydroxylation is 5. The van der Waals surface area contributed by atoms with Gasteiger partial charge in [0.1, 0.15) is 0 Å². The Morgan fingerprint density at radius 1 is 0.192 bits per heavy atom. The van der Waals surface area contributed by atoms with Crippen LogP contribution >= 0.6 is 0 Å². The van der Waals surface area contributed by atoms with Gasteiger partial charge in [0.2, 0.25) is 0 Å². The summed E-state index contributed by atoms with van der Waals surface area (Å²) in [5.74, 6) is 2.83. The number of hydrogen-bond acceptors (Lipinski definition) is 0. The predicted molar refractivity (Wildman–Crippen MR) is 338 cm³/mol. The molecule has 0 bridgehead atoms. The molecule has 0 nitrogen and oxygen atoms in total. The first-order valence-electron chi connectivity index (χ1n) is 30.9. The first-order valence-corrected chi connectivity index (χ1v) is 30.9. The number of rotatable bonds is 28. The van der Waals surface area contributed by atoms with Crippen molar-refractivity contribution < 1.29 is 0 Å². The number of benzene rings is 8. The van der Waals surface area contributed by atoms with Crippen LogP contribution in [0.5, 0.6) is 0 Å². The molecule has 0 heterocycles. The summed E-state index contributed by atoms with van der Waals surface area (Å²) in [5.41, 5.74) is 22.9. The van der Waals surface area contributed by atoms with Crippen LogP contribution in [-0.4, -0.2) is 0 Å². The van der Waals surface area contributed by atoms with Gasteiger partial charge >= 0.3 is 0 Å². The summed E-state index contributed by atoms with van der Waals surface area (Å²) in [6.45, 7) is 20.8. The van der Waals surface area contributed by atoms with Crippen LogP contribution in [0.25, 0.3) is 0 Å². The zero-order valence-corrected chi connectivity index (χ0v) is 49.4. The van der Waals surface area contributed by atoms with Crippen molar-refractivity contribution in [3.8, 4) is 0 Å². The third-order valence-electron chi connectivity index (χ3n) is 18.4. The van der Waals surface area contributed by atoms with Gasteiger partial charge in [0, 0.05) is 0 Å². The molecule has 0 radical (unpaired) electrons. The van der Waals surface area contributed by atoms with E-state index < -0.39 is 0 Å². The van der Waals surface area contributed by atoms with Gasteiger partial charge in [-0.05, 0) is 220 Å². The molecule has 0 fully saturated rings. The summed E-state index contributed by atoms with van der Waals surface area (Å²) in [6, 6.07) is 77.4. The van der Waals surface area contributed by atoms with Crippen LogP contribution in [0, 0.1) is 0 Å². The monoisotopic (exact) mass is 1030 g/mol. The SMILES string of the molecule is CCc1ccc(CC(c2ccc(CC(c3ccc(CC(CC)c4ccc(CC)cc4)cc3)C(CC)c3ccc(CC)cc3)cc2)C(CC(CC)c2ccc(CC)cc2)c2ccc(CC(CC)c3ccc(CC)cc3)cc2)cc1. The molecule has 8 rings (SSSR count). The van der Waals surface area contributed by atoms with E-state index in [1.54, 1.807) is 0 Å². The Labute approximate surface area is 474 Å². The van der Waals surface area contributed by atoms with Gasteiger partial charge in [-0.3, -0.25) is 0 Å². The van der Waals surface area contributed by atoms with Crippen molar-refractivity contribution in [2.24, 2.45) is 0 Å². The Hall–Kier alpha value is -6.24. The van der Waals surface area contributed by atoms with Gasteiger partial charge in [-0.25, -0.2) is 0 Å². The average molecular weight is 1030 g/mol. The summed E-state index contributed by atoms with van der Waals surface area (Å²) in [5, 5.41) is 0. The molecule has 8 aromatic carbocycles. The highest BCUT2D eigenvalue weighted by atomic mass is 14.3. The maximum Gasteiger partial charge on any atom is -0.00524 e. The fourth-order valence-electron chi connectivity index (χ4n) is 12.9. The lowest BCUT2D eigenvalue weighted by molar-refractivity contribution is 0.447. The predicted octanol–water partition coefficient (Wildman–Crippen LogP) is 21.2. The van der Waals surface area contributed by atoms with Crippen LogP contribution in [0.4, 0.5) is 0 Å².